The van der Waals surface area contributed by atoms with Gasteiger partial charge in [-0.25, -0.2) is 4.98 Å². The van der Waals surface area contributed by atoms with Gasteiger partial charge in [0.05, 0.1) is 23.1 Å². The van der Waals surface area contributed by atoms with E-state index >= 15 is 0 Å². The van der Waals surface area contributed by atoms with Crippen molar-refractivity contribution >= 4 is 17.0 Å². The van der Waals surface area contributed by atoms with E-state index in [0.29, 0.717) is 12.5 Å². The van der Waals surface area contributed by atoms with Gasteiger partial charge in [-0.15, -0.1) is 0 Å². The third-order valence-corrected chi connectivity index (χ3v) is 6.72. The Kier molecular flexibility index (Phi) is 6.95. The Bertz CT molecular complexity index is 997. The van der Waals surface area contributed by atoms with Crippen molar-refractivity contribution in [2.24, 2.45) is 0 Å². The number of nitrogens with one attached hydrogen (secondary N) is 1. The van der Waals surface area contributed by atoms with Gasteiger partial charge in [0.25, 0.3) is 0 Å². The molecule has 1 aliphatic heterocycles. The first-order valence-electron chi connectivity index (χ1n) is 11.9. The zero-order valence-corrected chi connectivity index (χ0v) is 19.6. The molecule has 1 saturated heterocycles. The number of piperidine rings is 1. The number of esters is 1. The van der Waals surface area contributed by atoms with Crippen LogP contribution in [0.25, 0.3) is 11.0 Å². The Balaban J connectivity index is 1.27. The number of carbonyl (C=O) groups is 1. The molecule has 5 nitrogen and oxygen atoms in total. The number of nitrogens with zero attached hydrogens (tertiary/aromatic N) is 2. The number of rotatable bonds is 8. The lowest BCUT2D eigenvalue weighted by atomic mass is 9.84. The van der Waals surface area contributed by atoms with Crippen LogP contribution >= 0.6 is 0 Å². The molecule has 32 heavy (non-hydrogen) atoms. The summed E-state index contributed by atoms with van der Waals surface area (Å²) in [5.41, 5.74) is 3.90. The summed E-state index contributed by atoms with van der Waals surface area (Å²) < 4.78 is 5.37. The van der Waals surface area contributed by atoms with Crippen molar-refractivity contribution in [2.75, 3.05) is 26.2 Å². The lowest BCUT2D eigenvalue weighted by Gasteiger charge is -2.31. The molecule has 2 aromatic carbocycles. The fourth-order valence-corrected chi connectivity index (χ4v) is 4.46. The Morgan fingerprint density at radius 1 is 1.12 bits per heavy atom. The monoisotopic (exact) mass is 433 g/mol. The fourth-order valence-electron chi connectivity index (χ4n) is 4.46. The molecule has 5 heteroatoms. The van der Waals surface area contributed by atoms with E-state index in [1.165, 1.54) is 5.56 Å². The second kappa shape index (κ2) is 9.86. The summed E-state index contributed by atoms with van der Waals surface area (Å²) in [7, 11) is 0. The standard InChI is InChI=1S/C27H35N3O2/c1-4-19-32-26(31)27(2,3)22-11-9-20(10-12-22)13-16-30-17-14-21(15-18-30)25-28-23-7-5-6-8-24(23)29-25/h5-12,21H,4,13-19H2,1-3H3,(H,28,29). The topological polar surface area (TPSA) is 58.2 Å². The molecule has 0 amide bonds. The van der Waals surface area contributed by atoms with Crippen molar-refractivity contribution in [1.29, 1.82) is 0 Å². The third kappa shape index (κ3) is 5.04. The van der Waals surface area contributed by atoms with E-state index in [0.717, 1.165) is 67.7 Å². The van der Waals surface area contributed by atoms with Crippen LogP contribution < -0.4 is 0 Å². The molecular formula is C27H35N3O2. The predicted octanol–water partition coefficient (Wildman–Crippen LogP) is 5.22. The third-order valence-electron chi connectivity index (χ3n) is 6.72. The van der Waals surface area contributed by atoms with E-state index in [9.17, 15) is 4.79 Å². The van der Waals surface area contributed by atoms with E-state index in [-0.39, 0.29) is 5.97 Å². The van der Waals surface area contributed by atoms with Gasteiger partial charge >= 0.3 is 5.97 Å². The second-order valence-electron chi connectivity index (χ2n) is 9.46. The highest BCUT2D eigenvalue weighted by Gasteiger charge is 2.31. The molecule has 1 fully saturated rings. The van der Waals surface area contributed by atoms with Crippen LogP contribution in [0.3, 0.4) is 0 Å². The zero-order chi connectivity index (χ0) is 22.6. The predicted molar refractivity (Wildman–Crippen MR) is 129 cm³/mol. The Hall–Kier alpha value is -2.66. The number of ether oxygens (including phenoxy) is 1. The van der Waals surface area contributed by atoms with Crippen LogP contribution in [-0.4, -0.2) is 47.1 Å². The maximum atomic E-state index is 12.4. The van der Waals surface area contributed by atoms with E-state index in [2.05, 4.69) is 52.3 Å². The summed E-state index contributed by atoms with van der Waals surface area (Å²) >= 11 is 0. The first-order chi connectivity index (χ1) is 15.5. The molecule has 0 spiro atoms. The minimum absolute atomic E-state index is 0.153. The zero-order valence-electron chi connectivity index (χ0n) is 19.6. The number of aromatic nitrogens is 2. The highest BCUT2D eigenvalue weighted by atomic mass is 16.5. The minimum atomic E-state index is -0.619. The number of aromatic amines is 1. The van der Waals surface area contributed by atoms with Gasteiger partial charge in [-0.1, -0.05) is 43.3 Å². The van der Waals surface area contributed by atoms with E-state index in [4.69, 9.17) is 9.72 Å². The van der Waals surface area contributed by atoms with Gasteiger partial charge in [-0.05, 0) is 75.9 Å². The van der Waals surface area contributed by atoms with E-state index in [1.807, 2.05) is 26.8 Å². The Labute approximate surface area is 191 Å². The van der Waals surface area contributed by atoms with Gasteiger partial charge in [0.2, 0.25) is 0 Å². The van der Waals surface area contributed by atoms with Crippen molar-refractivity contribution in [3.8, 4) is 0 Å². The summed E-state index contributed by atoms with van der Waals surface area (Å²) in [5, 5.41) is 0. The molecule has 1 N–H and O–H groups in total. The number of likely N-dealkylation sites (tertiary alicyclic amines) is 1. The van der Waals surface area contributed by atoms with Gasteiger partial charge in [0, 0.05) is 12.5 Å². The number of fused-ring (bicyclic) bond motifs is 1. The van der Waals surface area contributed by atoms with Gasteiger partial charge in [-0.2, -0.15) is 0 Å². The summed E-state index contributed by atoms with van der Waals surface area (Å²) in [5.74, 6) is 1.51. The molecular weight excluding hydrogens is 398 g/mol. The number of H-pyrrole nitrogens is 1. The van der Waals surface area contributed by atoms with Crippen molar-refractivity contribution < 1.29 is 9.53 Å². The van der Waals surface area contributed by atoms with Crippen molar-refractivity contribution in [2.45, 2.75) is 57.8 Å². The van der Waals surface area contributed by atoms with Crippen LogP contribution in [0.15, 0.2) is 48.5 Å². The van der Waals surface area contributed by atoms with Crippen LogP contribution in [0, 0.1) is 0 Å². The number of hydrogen-bond acceptors (Lipinski definition) is 4. The maximum absolute atomic E-state index is 12.4. The van der Waals surface area contributed by atoms with E-state index in [1.54, 1.807) is 0 Å². The smallest absolute Gasteiger partial charge is 0.315 e. The second-order valence-corrected chi connectivity index (χ2v) is 9.46. The molecule has 3 aromatic rings. The first kappa shape index (κ1) is 22.5. The number of para-hydroxylation sites is 2. The molecule has 0 radical (unpaired) electrons. The lowest BCUT2D eigenvalue weighted by Crippen LogP contribution is -2.34. The average molecular weight is 434 g/mol. The van der Waals surface area contributed by atoms with Gasteiger partial charge in [-0.3, -0.25) is 4.79 Å². The maximum Gasteiger partial charge on any atom is 0.315 e. The summed E-state index contributed by atoms with van der Waals surface area (Å²) in [6.45, 7) is 9.64. The summed E-state index contributed by atoms with van der Waals surface area (Å²) in [6, 6.07) is 16.7. The fraction of sp³-hybridized carbons (Fsp3) is 0.481. The summed E-state index contributed by atoms with van der Waals surface area (Å²) in [6.07, 6.45) is 4.16. The van der Waals surface area contributed by atoms with Crippen molar-refractivity contribution in [3.05, 3.63) is 65.5 Å². The quantitative estimate of drug-likeness (QED) is 0.495. The number of hydrogen-bond donors (Lipinski definition) is 1. The normalized spacial score (nSPS) is 15.8. The van der Waals surface area contributed by atoms with Crippen LogP contribution in [-0.2, 0) is 21.4 Å². The highest BCUT2D eigenvalue weighted by molar-refractivity contribution is 5.82. The number of carbonyl (C=O) groups excluding carboxylic acids is 1. The molecule has 0 saturated carbocycles. The average Bonchev–Trinajstić information content (AvgIpc) is 3.26. The molecule has 1 aliphatic rings. The SMILES string of the molecule is CCCOC(=O)C(C)(C)c1ccc(CCN2CCC(c3nc4ccccc4[nH]3)CC2)cc1. The minimum Gasteiger partial charge on any atom is -0.465 e. The van der Waals surface area contributed by atoms with Crippen LogP contribution in [0.1, 0.15) is 62.9 Å². The van der Waals surface area contributed by atoms with Crippen LogP contribution in [0.4, 0.5) is 0 Å². The first-order valence-corrected chi connectivity index (χ1v) is 11.9. The van der Waals surface area contributed by atoms with Gasteiger partial charge in [0.15, 0.2) is 0 Å². The molecule has 0 bridgehead atoms. The summed E-state index contributed by atoms with van der Waals surface area (Å²) in [4.78, 5) is 23.3. The molecule has 4 rings (SSSR count). The highest BCUT2D eigenvalue weighted by Crippen LogP contribution is 2.28. The number of imidazole rings is 1. The molecule has 1 aromatic heterocycles. The van der Waals surface area contributed by atoms with Crippen molar-refractivity contribution in [1.82, 2.24) is 14.9 Å². The van der Waals surface area contributed by atoms with E-state index < -0.39 is 5.41 Å². The van der Waals surface area contributed by atoms with Gasteiger partial charge < -0.3 is 14.6 Å². The largest absolute Gasteiger partial charge is 0.465 e. The molecule has 170 valence electrons. The Morgan fingerprint density at radius 2 is 1.84 bits per heavy atom. The molecule has 0 atom stereocenters. The van der Waals surface area contributed by atoms with Gasteiger partial charge in [0.1, 0.15) is 5.82 Å². The number of benzene rings is 2. The molecule has 0 unspecified atom stereocenters. The van der Waals surface area contributed by atoms with Crippen LogP contribution in [0.5, 0.6) is 0 Å². The van der Waals surface area contributed by atoms with Crippen molar-refractivity contribution in [3.63, 3.8) is 0 Å². The van der Waals surface area contributed by atoms with Crippen LogP contribution in [0.2, 0.25) is 0 Å². The Morgan fingerprint density at radius 3 is 2.53 bits per heavy atom. The molecule has 0 aliphatic carbocycles. The lowest BCUT2D eigenvalue weighted by molar-refractivity contribution is -0.149. The molecule has 2 heterocycles.